The minimum atomic E-state index is -1.08. The number of methoxy groups -OCH3 is 1. The predicted octanol–water partition coefficient (Wildman–Crippen LogP) is 2.97. The molecule has 4 rings (SSSR count). The van der Waals surface area contributed by atoms with Crippen LogP contribution in [-0.2, 0) is 0 Å². The lowest BCUT2D eigenvalue weighted by Crippen LogP contribution is -2.22. The maximum absolute atomic E-state index is 11.7. The molecule has 27 heavy (non-hydrogen) atoms. The van der Waals surface area contributed by atoms with Crippen molar-refractivity contribution in [1.82, 2.24) is 15.0 Å². The Morgan fingerprint density at radius 3 is 2.52 bits per heavy atom. The molecule has 7 nitrogen and oxygen atoms in total. The molecule has 0 bridgehead atoms. The largest absolute Gasteiger partial charge is 0.497 e. The van der Waals surface area contributed by atoms with Crippen molar-refractivity contribution in [2.45, 2.75) is 12.3 Å². The van der Waals surface area contributed by atoms with Crippen LogP contribution in [0.5, 0.6) is 5.75 Å². The number of hydrogen-bond acceptors (Lipinski definition) is 5. The third-order valence-corrected chi connectivity index (χ3v) is 4.86. The summed E-state index contributed by atoms with van der Waals surface area (Å²) in [5, 5.41) is 18.3. The van der Waals surface area contributed by atoms with Crippen molar-refractivity contribution in [3.8, 4) is 11.4 Å². The van der Waals surface area contributed by atoms with Gasteiger partial charge in [0.2, 0.25) is 5.69 Å². The summed E-state index contributed by atoms with van der Waals surface area (Å²) >= 11 is 0. The number of hydrogen-bond donors (Lipinski definition) is 1. The summed E-state index contributed by atoms with van der Waals surface area (Å²) in [6.07, 6.45) is 0.957. The molecule has 138 valence electrons. The van der Waals surface area contributed by atoms with Crippen LogP contribution in [0.3, 0.4) is 0 Å². The number of rotatable bonds is 5. The van der Waals surface area contributed by atoms with Gasteiger partial charge < -0.3 is 14.7 Å². The van der Waals surface area contributed by atoms with Gasteiger partial charge in [0.15, 0.2) is 5.82 Å². The van der Waals surface area contributed by atoms with Gasteiger partial charge in [0, 0.05) is 19.0 Å². The minimum absolute atomic E-state index is 0.0282. The van der Waals surface area contributed by atoms with E-state index in [0.29, 0.717) is 17.4 Å². The van der Waals surface area contributed by atoms with E-state index >= 15 is 0 Å². The summed E-state index contributed by atoms with van der Waals surface area (Å²) in [5.74, 6) is 0.415. The number of ether oxygens (including phenoxy) is 1. The quantitative estimate of drug-likeness (QED) is 0.750. The zero-order chi connectivity index (χ0) is 18.8. The average molecular weight is 364 g/mol. The van der Waals surface area contributed by atoms with Crippen molar-refractivity contribution in [3.05, 3.63) is 65.9 Å². The highest BCUT2D eigenvalue weighted by atomic mass is 16.5. The van der Waals surface area contributed by atoms with E-state index in [1.807, 2.05) is 23.1 Å². The molecule has 0 amide bonds. The molecule has 2 heterocycles. The summed E-state index contributed by atoms with van der Waals surface area (Å²) < 4.78 is 5.15. The summed E-state index contributed by atoms with van der Waals surface area (Å²) in [4.78, 5) is 15.1. The Bertz CT molecular complexity index is 938. The summed E-state index contributed by atoms with van der Waals surface area (Å²) in [6.45, 7) is 1.48. The number of carboxylic acid groups (broad SMARTS) is 1. The van der Waals surface area contributed by atoms with Crippen LogP contribution >= 0.6 is 0 Å². The maximum Gasteiger partial charge on any atom is 0.360 e. The smallest absolute Gasteiger partial charge is 0.360 e. The average Bonchev–Trinajstić information content (AvgIpc) is 3.36. The van der Waals surface area contributed by atoms with Crippen LogP contribution in [0.4, 0.5) is 5.82 Å². The molecule has 0 radical (unpaired) electrons. The Morgan fingerprint density at radius 1 is 1.11 bits per heavy atom. The van der Waals surface area contributed by atoms with E-state index in [0.717, 1.165) is 25.3 Å². The van der Waals surface area contributed by atoms with E-state index in [1.54, 1.807) is 31.4 Å². The van der Waals surface area contributed by atoms with E-state index in [1.165, 1.54) is 10.4 Å². The predicted molar refractivity (Wildman–Crippen MR) is 101 cm³/mol. The highest BCUT2D eigenvalue weighted by Gasteiger charge is 2.30. The van der Waals surface area contributed by atoms with Crippen LogP contribution in [-0.4, -0.2) is 46.3 Å². The van der Waals surface area contributed by atoms with E-state index in [4.69, 9.17) is 4.74 Å². The molecular formula is C20H20N4O3. The lowest BCUT2D eigenvalue weighted by Gasteiger charge is -2.16. The highest BCUT2D eigenvalue weighted by Crippen LogP contribution is 2.31. The lowest BCUT2D eigenvalue weighted by molar-refractivity contribution is 0.0690. The molecule has 1 saturated heterocycles. The molecule has 7 heteroatoms. The Balaban J connectivity index is 1.62. The van der Waals surface area contributed by atoms with Crippen LogP contribution in [0.1, 0.15) is 28.4 Å². The Labute approximate surface area is 156 Å². The fourth-order valence-electron chi connectivity index (χ4n) is 3.43. The lowest BCUT2D eigenvalue weighted by atomic mass is 9.99. The Hall–Kier alpha value is -3.35. The number of carbonyl (C=O) groups is 1. The molecule has 2 aromatic carbocycles. The van der Waals surface area contributed by atoms with E-state index in [9.17, 15) is 9.90 Å². The van der Waals surface area contributed by atoms with Gasteiger partial charge in [0.05, 0.1) is 12.8 Å². The first-order chi connectivity index (χ1) is 13.2. The Morgan fingerprint density at radius 2 is 1.85 bits per heavy atom. The second-order valence-corrected chi connectivity index (χ2v) is 6.51. The van der Waals surface area contributed by atoms with Gasteiger partial charge in [0.25, 0.3) is 0 Å². The number of carboxylic acids is 1. The van der Waals surface area contributed by atoms with Gasteiger partial charge >= 0.3 is 5.97 Å². The van der Waals surface area contributed by atoms with Crippen LogP contribution in [0.2, 0.25) is 0 Å². The van der Waals surface area contributed by atoms with Crippen molar-refractivity contribution < 1.29 is 14.6 Å². The van der Waals surface area contributed by atoms with Gasteiger partial charge in [-0.25, -0.2) is 4.79 Å². The molecule has 0 spiro atoms. The van der Waals surface area contributed by atoms with Crippen molar-refractivity contribution in [3.63, 3.8) is 0 Å². The highest BCUT2D eigenvalue weighted by molar-refractivity contribution is 5.91. The molecule has 0 unspecified atom stereocenters. The number of aromatic nitrogens is 3. The topological polar surface area (TPSA) is 80.5 Å². The molecule has 3 aromatic rings. The van der Waals surface area contributed by atoms with Gasteiger partial charge in [-0.2, -0.15) is 0 Å². The number of benzene rings is 2. The van der Waals surface area contributed by atoms with Crippen molar-refractivity contribution >= 4 is 11.8 Å². The van der Waals surface area contributed by atoms with Gasteiger partial charge in [-0.05, 0) is 36.2 Å². The van der Waals surface area contributed by atoms with Gasteiger partial charge in [0.1, 0.15) is 5.75 Å². The fraction of sp³-hybridized carbons (Fsp3) is 0.250. The summed E-state index contributed by atoms with van der Waals surface area (Å²) in [5.41, 5.74) is 1.92. The SMILES string of the molecule is COc1ccc(-n2nc(C(=O)O)c(N3CC[C@H](c4ccccc4)C3)n2)cc1. The summed E-state index contributed by atoms with van der Waals surface area (Å²) in [7, 11) is 1.60. The standard InChI is InChI=1S/C20H20N4O3/c1-27-17-9-7-16(8-10-17)24-21-18(20(25)26)19(22-24)23-12-11-15(13-23)14-5-3-2-4-6-14/h2-10,15H,11-13H2,1H3,(H,25,26)/t15-/m0/s1. The molecule has 1 aromatic heterocycles. The van der Waals surface area contributed by atoms with Crippen LogP contribution < -0.4 is 9.64 Å². The van der Waals surface area contributed by atoms with Crippen molar-refractivity contribution in [2.24, 2.45) is 0 Å². The molecule has 1 aliphatic heterocycles. The van der Waals surface area contributed by atoms with Gasteiger partial charge in [-0.3, -0.25) is 0 Å². The van der Waals surface area contributed by atoms with E-state index in [2.05, 4.69) is 22.3 Å². The molecular weight excluding hydrogens is 344 g/mol. The first-order valence-corrected chi connectivity index (χ1v) is 8.80. The molecule has 1 fully saturated rings. The molecule has 1 N–H and O–H groups in total. The van der Waals surface area contributed by atoms with E-state index < -0.39 is 5.97 Å². The minimum Gasteiger partial charge on any atom is -0.497 e. The van der Waals surface area contributed by atoms with Crippen LogP contribution in [0.25, 0.3) is 5.69 Å². The van der Waals surface area contributed by atoms with Crippen molar-refractivity contribution in [1.29, 1.82) is 0 Å². The summed E-state index contributed by atoms with van der Waals surface area (Å²) in [6, 6.07) is 17.5. The first kappa shape index (κ1) is 17.1. The third kappa shape index (κ3) is 3.36. The zero-order valence-electron chi connectivity index (χ0n) is 14.9. The first-order valence-electron chi connectivity index (χ1n) is 8.80. The molecule has 1 aliphatic rings. The van der Waals surface area contributed by atoms with Gasteiger partial charge in [-0.1, -0.05) is 30.3 Å². The zero-order valence-corrected chi connectivity index (χ0v) is 14.9. The number of nitrogens with zero attached hydrogens (tertiary/aromatic N) is 4. The second-order valence-electron chi connectivity index (χ2n) is 6.51. The third-order valence-electron chi connectivity index (χ3n) is 4.86. The monoisotopic (exact) mass is 364 g/mol. The maximum atomic E-state index is 11.7. The second kappa shape index (κ2) is 7.11. The number of anilines is 1. The molecule has 1 atom stereocenters. The van der Waals surface area contributed by atoms with Crippen molar-refractivity contribution in [2.75, 3.05) is 25.1 Å². The van der Waals surface area contributed by atoms with E-state index in [-0.39, 0.29) is 5.69 Å². The van der Waals surface area contributed by atoms with Gasteiger partial charge in [-0.15, -0.1) is 15.0 Å². The Kier molecular flexibility index (Phi) is 4.50. The number of aromatic carboxylic acids is 1. The van der Waals surface area contributed by atoms with Crippen LogP contribution in [0.15, 0.2) is 54.6 Å². The molecule has 0 aliphatic carbocycles. The van der Waals surface area contributed by atoms with Crippen LogP contribution in [0, 0.1) is 0 Å². The molecule has 0 saturated carbocycles. The fourth-order valence-corrected chi connectivity index (χ4v) is 3.43. The normalized spacial score (nSPS) is 16.5.